The van der Waals surface area contributed by atoms with Crippen LogP contribution in [0.3, 0.4) is 0 Å². The Labute approximate surface area is 252 Å². The van der Waals surface area contributed by atoms with E-state index in [1.807, 2.05) is 6.92 Å². The summed E-state index contributed by atoms with van der Waals surface area (Å²) in [5.41, 5.74) is -1.46. The van der Waals surface area contributed by atoms with Crippen molar-refractivity contribution >= 4 is 38.7 Å². The number of fused-ring (bicyclic) bond motifs is 1. The topological polar surface area (TPSA) is 140 Å². The van der Waals surface area contributed by atoms with E-state index < -0.39 is 68.6 Å². The minimum Gasteiger partial charge on any atom is -0.481 e. The van der Waals surface area contributed by atoms with Crippen molar-refractivity contribution in [1.82, 2.24) is 13.9 Å². The predicted octanol–water partition coefficient (Wildman–Crippen LogP) is 5.69. The van der Waals surface area contributed by atoms with Gasteiger partial charge in [0.25, 0.3) is 10.0 Å². The predicted molar refractivity (Wildman–Crippen MR) is 156 cm³/mol. The number of hydrogen-bond acceptors (Lipinski definition) is 8. The molecular formula is C30H31F3N4O6S. The summed E-state index contributed by atoms with van der Waals surface area (Å²) < 4.78 is 77.6. The lowest BCUT2D eigenvalue weighted by molar-refractivity contribution is -0.150. The summed E-state index contributed by atoms with van der Waals surface area (Å²) in [4.78, 5) is 32.4. The number of aliphatic carboxylic acids is 1. The van der Waals surface area contributed by atoms with Crippen LogP contribution in [0.1, 0.15) is 45.6 Å². The van der Waals surface area contributed by atoms with Gasteiger partial charge in [-0.05, 0) is 45.4 Å². The highest BCUT2D eigenvalue weighted by Crippen LogP contribution is 2.35. The molecule has 0 aliphatic heterocycles. The summed E-state index contributed by atoms with van der Waals surface area (Å²) in [6.07, 6.45) is 2.66. The van der Waals surface area contributed by atoms with Gasteiger partial charge in [0.1, 0.15) is 11.3 Å². The van der Waals surface area contributed by atoms with Crippen LogP contribution in [0.25, 0.3) is 22.3 Å². The van der Waals surface area contributed by atoms with Gasteiger partial charge in [-0.1, -0.05) is 31.0 Å². The number of carbonyl (C=O) groups excluding carboxylic acids is 1. The fourth-order valence-electron chi connectivity index (χ4n) is 4.39. The fourth-order valence-corrected chi connectivity index (χ4v) is 5.77. The van der Waals surface area contributed by atoms with Crippen molar-refractivity contribution in [3.05, 3.63) is 71.8 Å². The van der Waals surface area contributed by atoms with Gasteiger partial charge in [0.05, 0.1) is 35.6 Å². The SMILES string of the molecule is CCCCOC(=O)CC(Nc1nc(-c2cn(S(=O)(=O)c3ccc(C)cc3)c3c(F)cc(F)cc23)ncc1F)C(C)(C)C(=O)O. The maximum absolute atomic E-state index is 15.2. The van der Waals surface area contributed by atoms with Crippen LogP contribution < -0.4 is 5.32 Å². The molecule has 1 unspecified atom stereocenters. The van der Waals surface area contributed by atoms with Gasteiger partial charge in [-0.2, -0.15) is 0 Å². The molecule has 0 aliphatic rings. The fraction of sp³-hybridized carbons (Fsp3) is 0.333. The van der Waals surface area contributed by atoms with Crippen molar-refractivity contribution in [2.24, 2.45) is 5.41 Å². The van der Waals surface area contributed by atoms with Crippen LogP contribution in [0.2, 0.25) is 0 Å². The van der Waals surface area contributed by atoms with Crippen molar-refractivity contribution in [3.63, 3.8) is 0 Å². The molecule has 4 rings (SSSR count). The molecule has 2 aromatic heterocycles. The van der Waals surface area contributed by atoms with E-state index in [9.17, 15) is 27.5 Å². The van der Waals surface area contributed by atoms with E-state index in [0.717, 1.165) is 30.4 Å². The maximum atomic E-state index is 15.2. The van der Waals surface area contributed by atoms with Crippen LogP contribution in [0.5, 0.6) is 0 Å². The van der Waals surface area contributed by atoms with E-state index in [1.165, 1.54) is 26.0 Å². The zero-order valence-corrected chi connectivity index (χ0v) is 25.2. The number of anilines is 1. The number of esters is 1. The number of carboxylic acid groups (broad SMARTS) is 1. The monoisotopic (exact) mass is 632 g/mol. The lowest BCUT2D eigenvalue weighted by Crippen LogP contribution is -2.44. The molecule has 2 aromatic carbocycles. The Hall–Kier alpha value is -4.46. The third-order valence-electron chi connectivity index (χ3n) is 7.21. The Bertz CT molecular complexity index is 1820. The third-order valence-corrected chi connectivity index (χ3v) is 8.89. The van der Waals surface area contributed by atoms with Crippen molar-refractivity contribution < 1.29 is 41.0 Å². The highest BCUT2D eigenvalue weighted by molar-refractivity contribution is 7.90. The highest BCUT2D eigenvalue weighted by atomic mass is 32.2. The summed E-state index contributed by atoms with van der Waals surface area (Å²) in [6, 6.07) is 6.01. The molecule has 0 radical (unpaired) electrons. The van der Waals surface area contributed by atoms with Crippen LogP contribution in [0, 0.1) is 29.8 Å². The number of aryl methyl sites for hydroxylation is 1. The number of hydrogen-bond donors (Lipinski definition) is 2. The average Bonchev–Trinajstić information content (AvgIpc) is 3.34. The average molecular weight is 633 g/mol. The number of nitrogens with zero attached hydrogens (tertiary/aromatic N) is 3. The van der Waals surface area contributed by atoms with Gasteiger partial charge in [0, 0.05) is 23.2 Å². The first-order chi connectivity index (χ1) is 20.7. The number of unbranched alkanes of at least 4 members (excludes halogenated alkanes) is 1. The van der Waals surface area contributed by atoms with Crippen LogP contribution in [0.4, 0.5) is 19.0 Å². The molecule has 0 bridgehead atoms. The molecule has 234 valence electrons. The molecule has 2 N–H and O–H groups in total. The van der Waals surface area contributed by atoms with Crippen LogP contribution in [-0.2, 0) is 24.3 Å². The lowest BCUT2D eigenvalue weighted by Gasteiger charge is -2.31. The minimum absolute atomic E-state index is 0.129. The molecular weight excluding hydrogens is 601 g/mol. The van der Waals surface area contributed by atoms with E-state index in [1.54, 1.807) is 19.1 Å². The summed E-state index contributed by atoms with van der Waals surface area (Å²) in [5.74, 6) is -6.04. The molecule has 2 heterocycles. The summed E-state index contributed by atoms with van der Waals surface area (Å²) in [6.45, 7) is 6.46. The highest BCUT2D eigenvalue weighted by Gasteiger charge is 2.39. The van der Waals surface area contributed by atoms with Gasteiger partial charge in [-0.15, -0.1) is 0 Å². The number of benzene rings is 2. The largest absolute Gasteiger partial charge is 0.481 e. The maximum Gasteiger partial charge on any atom is 0.311 e. The van der Waals surface area contributed by atoms with E-state index >= 15 is 8.78 Å². The first-order valence-electron chi connectivity index (χ1n) is 13.7. The standard InChI is InChI=1S/C30H31F3N4O6S/c1-5-6-11-43-25(38)14-24(30(3,4)29(39)40)35-28-23(33)15-34-27(36-28)21-16-37(26-20(21)12-18(31)13-22(26)32)44(41,42)19-9-7-17(2)8-10-19/h7-10,12-13,15-16,24H,5-6,11,14H2,1-4H3,(H,39,40)(H,34,35,36). The van der Waals surface area contributed by atoms with Gasteiger partial charge in [0.2, 0.25) is 0 Å². The number of ether oxygens (including phenoxy) is 1. The number of carboxylic acids is 1. The number of rotatable bonds is 12. The molecule has 0 amide bonds. The Kier molecular flexibility index (Phi) is 9.33. The second-order valence-electron chi connectivity index (χ2n) is 10.8. The molecule has 10 nitrogen and oxygen atoms in total. The van der Waals surface area contributed by atoms with E-state index in [0.29, 0.717) is 16.5 Å². The number of halogens is 3. The lowest BCUT2D eigenvalue weighted by atomic mass is 9.82. The molecule has 4 aromatic rings. The Morgan fingerprint density at radius 2 is 1.80 bits per heavy atom. The number of aromatic nitrogens is 3. The molecule has 0 saturated heterocycles. The minimum atomic E-state index is -4.40. The second-order valence-corrected chi connectivity index (χ2v) is 12.6. The quantitative estimate of drug-likeness (QED) is 0.149. The zero-order valence-electron chi connectivity index (χ0n) is 24.4. The molecule has 0 saturated carbocycles. The van der Waals surface area contributed by atoms with Crippen LogP contribution in [-0.4, -0.2) is 52.1 Å². The van der Waals surface area contributed by atoms with Crippen LogP contribution in [0.15, 0.2) is 53.7 Å². The second kappa shape index (κ2) is 12.6. The summed E-state index contributed by atoms with van der Waals surface area (Å²) in [7, 11) is -4.40. The van der Waals surface area contributed by atoms with Crippen molar-refractivity contribution in [3.8, 4) is 11.4 Å². The van der Waals surface area contributed by atoms with Gasteiger partial charge < -0.3 is 15.2 Å². The van der Waals surface area contributed by atoms with Crippen molar-refractivity contribution in [2.45, 2.75) is 57.9 Å². The normalized spacial score (nSPS) is 12.7. The number of carbonyl (C=O) groups is 2. The van der Waals surface area contributed by atoms with E-state index in [-0.39, 0.29) is 28.3 Å². The van der Waals surface area contributed by atoms with Gasteiger partial charge >= 0.3 is 11.9 Å². The molecule has 1 atom stereocenters. The Balaban J connectivity index is 1.82. The van der Waals surface area contributed by atoms with Gasteiger partial charge in [0.15, 0.2) is 23.3 Å². The molecule has 0 aliphatic carbocycles. The zero-order chi connectivity index (χ0) is 32.4. The van der Waals surface area contributed by atoms with Crippen molar-refractivity contribution in [2.75, 3.05) is 11.9 Å². The molecule has 44 heavy (non-hydrogen) atoms. The van der Waals surface area contributed by atoms with Gasteiger partial charge in [-0.3, -0.25) is 9.59 Å². The summed E-state index contributed by atoms with van der Waals surface area (Å²) >= 11 is 0. The molecule has 0 fully saturated rings. The molecule has 14 heteroatoms. The third kappa shape index (κ3) is 6.54. The van der Waals surface area contributed by atoms with E-state index in [4.69, 9.17) is 4.74 Å². The summed E-state index contributed by atoms with van der Waals surface area (Å²) in [5, 5.41) is 12.3. The Morgan fingerprint density at radius 3 is 2.43 bits per heavy atom. The van der Waals surface area contributed by atoms with Crippen molar-refractivity contribution in [1.29, 1.82) is 0 Å². The first kappa shape index (κ1) is 32.5. The molecule has 0 spiro atoms. The van der Waals surface area contributed by atoms with Gasteiger partial charge in [-0.25, -0.2) is 35.5 Å². The Morgan fingerprint density at radius 1 is 1.11 bits per heavy atom. The number of nitrogens with one attached hydrogen (secondary N) is 1. The van der Waals surface area contributed by atoms with Crippen LogP contribution >= 0.6 is 0 Å². The van der Waals surface area contributed by atoms with E-state index in [2.05, 4.69) is 15.3 Å². The smallest absolute Gasteiger partial charge is 0.311 e. The first-order valence-corrected chi connectivity index (χ1v) is 15.1.